The summed E-state index contributed by atoms with van der Waals surface area (Å²) in [5.74, 6) is 0.00705. The molecule has 3 aliphatic rings. The summed E-state index contributed by atoms with van der Waals surface area (Å²) in [6.07, 6.45) is 6.33. The van der Waals surface area contributed by atoms with E-state index in [1.54, 1.807) is 21.9 Å². The van der Waals surface area contributed by atoms with E-state index in [-0.39, 0.29) is 23.8 Å². The van der Waals surface area contributed by atoms with Crippen LogP contribution >= 0.6 is 0 Å². The predicted molar refractivity (Wildman–Crippen MR) is 100 cm³/mol. The van der Waals surface area contributed by atoms with Crippen molar-refractivity contribution in [3.05, 3.63) is 29.8 Å². The average molecular weight is 370 g/mol. The first-order valence-electron chi connectivity index (χ1n) is 9.91. The summed E-state index contributed by atoms with van der Waals surface area (Å²) in [4.78, 5) is 41.3. The van der Waals surface area contributed by atoms with Crippen LogP contribution in [0.15, 0.2) is 24.3 Å². The third-order valence-corrected chi connectivity index (χ3v) is 6.27. The van der Waals surface area contributed by atoms with Crippen molar-refractivity contribution in [2.24, 2.45) is 5.92 Å². The van der Waals surface area contributed by atoms with Gasteiger partial charge in [0.1, 0.15) is 6.04 Å². The van der Waals surface area contributed by atoms with E-state index in [9.17, 15) is 14.4 Å². The summed E-state index contributed by atoms with van der Waals surface area (Å²) in [7, 11) is 1.38. The van der Waals surface area contributed by atoms with Crippen LogP contribution in [-0.2, 0) is 14.3 Å². The Labute approximate surface area is 159 Å². The van der Waals surface area contributed by atoms with E-state index in [0.29, 0.717) is 30.9 Å². The number of methoxy groups -OCH3 is 1. The van der Waals surface area contributed by atoms with E-state index in [1.165, 1.54) is 7.11 Å². The third-order valence-electron chi connectivity index (χ3n) is 6.27. The van der Waals surface area contributed by atoms with Crippen molar-refractivity contribution < 1.29 is 19.1 Å². The van der Waals surface area contributed by atoms with Gasteiger partial charge in [0, 0.05) is 30.3 Å². The monoisotopic (exact) mass is 370 g/mol. The summed E-state index contributed by atoms with van der Waals surface area (Å²) < 4.78 is 4.99. The molecule has 0 aromatic heterocycles. The van der Waals surface area contributed by atoms with Crippen molar-refractivity contribution in [2.45, 2.75) is 57.0 Å². The lowest BCUT2D eigenvalue weighted by Crippen LogP contribution is -2.46. The second-order valence-corrected chi connectivity index (χ2v) is 7.80. The summed E-state index contributed by atoms with van der Waals surface area (Å²) in [5, 5.41) is 0. The minimum absolute atomic E-state index is 0.0977. The molecule has 27 heavy (non-hydrogen) atoms. The van der Waals surface area contributed by atoms with Gasteiger partial charge in [0.25, 0.3) is 5.91 Å². The van der Waals surface area contributed by atoms with E-state index in [0.717, 1.165) is 37.8 Å². The molecule has 6 heteroatoms. The van der Waals surface area contributed by atoms with Crippen LogP contribution in [0.3, 0.4) is 0 Å². The van der Waals surface area contributed by atoms with E-state index in [1.807, 2.05) is 12.1 Å². The number of fused-ring (bicyclic) bond motifs is 1. The maximum atomic E-state index is 13.4. The Bertz CT molecular complexity index is 762. The molecule has 3 fully saturated rings. The minimum Gasteiger partial charge on any atom is -0.467 e. The number of carbonyl (C=O) groups is 3. The molecule has 3 atom stereocenters. The van der Waals surface area contributed by atoms with E-state index < -0.39 is 6.04 Å². The molecule has 0 unspecified atom stereocenters. The molecule has 1 aromatic carbocycles. The molecule has 144 valence electrons. The smallest absolute Gasteiger partial charge is 0.328 e. The van der Waals surface area contributed by atoms with Gasteiger partial charge in [-0.15, -0.1) is 0 Å². The molecule has 1 aromatic rings. The Morgan fingerprint density at radius 3 is 2.70 bits per heavy atom. The molecule has 2 saturated heterocycles. The van der Waals surface area contributed by atoms with Gasteiger partial charge >= 0.3 is 5.97 Å². The Kier molecular flexibility index (Phi) is 4.89. The first kappa shape index (κ1) is 18.0. The van der Waals surface area contributed by atoms with Crippen molar-refractivity contribution in [3.63, 3.8) is 0 Å². The Morgan fingerprint density at radius 2 is 1.96 bits per heavy atom. The van der Waals surface area contributed by atoms with Crippen molar-refractivity contribution in [2.75, 3.05) is 18.6 Å². The number of hydrogen-bond acceptors (Lipinski definition) is 4. The Balaban J connectivity index is 1.63. The van der Waals surface area contributed by atoms with Gasteiger partial charge in [0.05, 0.1) is 7.11 Å². The second-order valence-electron chi connectivity index (χ2n) is 7.80. The Morgan fingerprint density at radius 1 is 1.15 bits per heavy atom. The van der Waals surface area contributed by atoms with Crippen LogP contribution in [0.4, 0.5) is 5.69 Å². The third kappa shape index (κ3) is 3.22. The summed E-state index contributed by atoms with van der Waals surface area (Å²) >= 11 is 0. The highest BCUT2D eigenvalue weighted by molar-refractivity contribution is 6.00. The van der Waals surface area contributed by atoms with Crippen molar-refractivity contribution >= 4 is 23.5 Å². The largest absolute Gasteiger partial charge is 0.467 e. The standard InChI is InChI=1S/C21H26N2O4/c1-27-21(26)18-13-14-6-2-3-9-17(14)23(18)20(25)15-7-4-8-16(12-15)22-11-5-10-19(22)24/h4,7-8,12,14,17-18H,2-3,5-6,9-11,13H2,1H3/t14-,17-,18+/m1/s1. The van der Waals surface area contributed by atoms with Gasteiger partial charge in [-0.05, 0) is 49.8 Å². The van der Waals surface area contributed by atoms with Crippen LogP contribution in [0.2, 0.25) is 0 Å². The zero-order valence-corrected chi connectivity index (χ0v) is 15.7. The molecule has 2 heterocycles. The molecule has 4 rings (SSSR count). The number of esters is 1. The van der Waals surface area contributed by atoms with Crippen LogP contribution in [0.5, 0.6) is 0 Å². The van der Waals surface area contributed by atoms with Crippen LogP contribution in [0.25, 0.3) is 0 Å². The number of amides is 2. The SMILES string of the molecule is COC(=O)[C@@H]1C[C@H]2CCCC[C@H]2N1C(=O)c1cccc(N2CCCC2=O)c1. The first-order chi connectivity index (χ1) is 13.1. The maximum Gasteiger partial charge on any atom is 0.328 e. The molecule has 0 radical (unpaired) electrons. The molecule has 2 aliphatic heterocycles. The van der Waals surface area contributed by atoms with Crippen LogP contribution < -0.4 is 4.90 Å². The average Bonchev–Trinajstić information content (AvgIpc) is 3.30. The molecule has 0 bridgehead atoms. The van der Waals surface area contributed by atoms with Gasteiger partial charge in [-0.25, -0.2) is 4.79 Å². The normalized spacial score (nSPS) is 27.6. The fourth-order valence-corrected chi connectivity index (χ4v) is 4.98. The van der Waals surface area contributed by atoms with Crippen LogP contribution in [0, 0.1) is 5.92 Å². The highest BCUT2D eigenvalue weighted by Crippen LogP contribution is 2.41. The van der Waals surface area contributed by atoms with Gasteiger partial charge in [-0.1, -0.05) is 18.9 Å². The van der Waals surface area contributed by atoms with Crippen LogP contribution in [0.1, 0.15) is 55.3 Å². The van der Waals surface area contributed by atoms with Crippen LogP contribution in [-0.4, -0.2) is 48.4 Å². The fourth-order valence-electron chi connectivity index (χ4n) is 4.98. The van der Waals surface area contributed by atoms with Gasteiger partial charge in [0.15, 0.2) is 0 Å². The fraction of sp³-hybridized carbons (Fsp3) is 0.571. The minimum atomic E-state index is -0.507. The predicted octanol–water partition coefficient (Wildman–Crippen LogP) is 2.76. The topological polar surface area (TPSA) is 66.9 Å². The molecule has 1 aliphatic carbocycles. The maximum absolute atomic E-state index is 13.4. The van der Waals surface area contributed by atoms with Crippen molar-refractivity contribution in [3.8, 4) is 0 Å². The molecule has 6 nitrogen and oxygen atoms in total. The van der Waals surface area contributed by atoms with Crippen molar-refractivity contribution in [1.82, 2.24) is 4.90 Å². The molecule has 0 spiro atoms. The first-order valence-corrected chi connectivity index (χ1v) is 9.91. The number of anilines is 1. The number of hydrogen-bond donors (Lipinski definition) is 0. The number of carbonyl (C=O) groups excluding carboxylic acids is 3. The number of ether oxygens (including phenoxy) is 1. The Hall–Kier alpha value is -2.37. The number of benzene rings is 1. The van der Waals surface area contributed by atoms with Gasteiger partial charge in [-0.3, -0.25) is 9.59 Å². The number of rotatable bonds is 3. The summed E-state index contributed by atoms with van der Waals surface area (Å²) in [6.45, 7) is 0.690. The zero-order chi connectivity index (χ0) is 19.0. The molecule has 1 saturated carbocycles. The summed E-state index contributed by atoms with van der Waals surface area (Å²) in [6, 6.07) is 6.84. The van der Waals surface area contributed by atoms with E-state index in [2.05, 4.69) is 0 Å². The molecule has 0 N–H and O–H groups in total. The van der Waals surface area contributed by atoms with Gasteiger partial charge < -0.3 is 14.5 Å². The summed E-state index contributed by atoms with van der Waals surface area (Å²) in [5.41, 5.74) is 1.30. The van der Waals surface area contributed by atoms with Crippen molar-refractivity contribution in [1.29, 1.82) is 0 Å². The lowest BCUT2D eigenvalue weighted by atomic mass is 9.84. The highest BCUT2D eigenvalue weighted by atomic mass is 16.5. The number of nitrogens with zero attached hydrogens (tertiary/aromatic N) is 2. The van der Waals surface area contributed by atoms with Gasteiger partial charge in [0.2, 0.25) is 5.91 Å². The van der Waals surface area contributed by atoms with E-state index >= 15 is 0 Å². The lowest BCUT2D eigenvalue weighted by Gasteiger charge is -2.33. The zero-order valence-electron chi connectivity index (χ0n) is 15.7. The second kappa shape index (κ2) is 7.33. The number of likely N-dealkylation sites (tertiary alicyclic amines) is 1. The highest BCUT2D eigenvalue weighted by Gasteiger charge is 2.48. The van der Waals surface area contributed by atoms with E-state index in [4.69, 9.17) is 4.74 Å². The molecular formula is C21H26N2O4. The van der Waals surface area contributed by atoms with Gasteiger partial charge in [-0.2, -0.15) is 0 Å². The molecule has 2 amide bonds. The lowest BCUT2D eigenvalue weighted by molar-refractivity contribution is -0.145. The molecular weight excluding hydrogens is 344 g/mol. The quantitative estimate of drug-likeness (QED) is 0.768.